The van der Waals surface area contributed by atoms with E-state index in [1.807, 2.05) is 44.2 Å². The van der Waals surface area contributed by atoms with Gasteiger partial charge in [0.1, 0.15) is 6.04 Å². The third kappa shape index (κ3) is 3.91. The zero-order valence-electron chi connectivity index (χ0n) is 16.9. The van der Waals surface area contributed by atoms with Gasteiger partial charge in [0.25, 0.3) is 0 Å². The minimum absolute atomic E-state index is 0.0239. The van der Waals surface area contributed by atoms with Crippen LogP contribution in [-0.4, -0.2) is 41.9 Å². The summed E-state index contributed by atoms with van der Waals surface area (Å²) in [5.41, 5.74) is 0.868. The summed E-state index contributed by atoms with van der Waals surface area (Å²) >= 11 is 0. The monoisotopic (exact) mass is 386 g/mol. The lowest BCUT2D eigenvalue weighted by molar-refractivity contribution is -0.150. The Morgan fingerprint density at radius 1 is 1.14 bits per heavy atom. The average molecular weight is 386 g/mol. The van der Waals surface area contributed by atoms with E-state index in [4.69, 9.17) is 4.74 Å². The second-order valence-electron chi connectivity index (χ2n) is 7.75. The Balaban J connectivity index is 2.04. The Kier molecular flexibility index (Phi) is 6.37. The Morgan fingerprint density at radius 3 is 2.39 bits per heavy atom. The lowest BCUT2D eigenvalue weighted by atomic mass is 9.85. The zero-order valence-corrected chi connectivity index (χ0v) is 16.9. The van der Waals surface area contributed by atoms with Gasteiger partial charge in [-0.15, -0.1) is 0 Å². The van der Waals surface area contributed by atoms with Gasteiger partial charge in [0.2, 0.25) is 11.8 Å². The average Bonchev–Trinajstić information content (AvgIpc) is 3.49. The van der Waals surface area contributed by atoms with Crippen LogP contribution in [0.1, 0.15) is 51.6 Å². The number of carbonyl (C=O) groups excluding carboxylic acids is 3. The van der Waals surface area contributed by atoms with E-state index < -0.39 is 18.0 Å². The van der Waals surface area contributed by atoms with Crippen LogP contribution < -0.4 is 5.32 Å². The summed E-state index contributed by atoms with van der Waals surface area (Å²) in [7, 11) is 0. The highest BCUT2D eigenvalue weighted by atomic mass is 16.5. The molecule has 2 fully saturated rings. The molecule has 6 nitrogen and oxygen atoms in total. The lowest BCUT2D eigenvalue weighted by Gasteiger charge is -2.31. The normalized spacial score (nSPS) is 26.8. The smallest absolute Gasteiger partial charge is 0.311 e. The summed E-state index contributed by atoms with van der Waals surface area (Å²) < 4.78 is 5.35. The van der Waals surface area contributed by atoms with E-state index >= 15 is 0 Å². The topological polar surface area (TPSA) is 75.7 Å². The van der Waals surface area contributed by atoms with Crippen LogP contribution in [0.4, 0.5) is 0 Å². The first-order valence-corrected chi connectivity index (χ1v) is 10.3. The molecular formula is C22H30N2O4. The maximum atomic E-state index is 13.2. The van der Waals surface area contributed by atoms with Crippen LogP contribution in [0.15, 0.2) is 30.3 Å². The molecule has 0 bridgehead atoms. The Labute approximate surface area is 166 Å². The van der Waals surface area contributed by atoms with E-state index in [-0.39, 0.29) is 36.2 Å². The number of esters is 1. The summed E-state index contributed by atoms with van der Waals surface area (Å²) in [5, 5.41) is 2.93. The fourth-order valence-corrected chi connectivity index (χ4v) is 4.22. The second kappa shape index (κ2) is 8.76. The number of nitrogens with one attached hydrogen (secondary N) is 1. The van der Waals surface area contributed by atoms with Gasteiger partial charge >= 0.3 is 5.97 Å². The molecule has 1 heterocycles. The SMILES string of the molecule is CCCNC(=O)C1C(C)C(C(=O)OCC)C(c2ccccc2)N1C(=O)C1CC1. The molecule has 1 aliphatic heterocycles. The highest BCUT2D eigenvalue weighted by Gasteiger charge is 2.57. The van der Waals surface area contributed by atoms with Gasteiger partial charge in [0, 0.05) is 18.4 Å². The quantitative estimate of drug-likeness (QED) is 0.731. The number of nitrogens with zero attached hydrogens (tertiary/aromatic N) is 1. The number of carbonyl (C=O) groups is 3. The lowest BCUT2D eigenvalue weighted by Crippen LogP contribution is -2.49. The fourth-order valence-electron chi connectivity index (χ4n) is 4.22. The maximum Gasteiger partial charge on any atom is 0.311 e. The number of amides is 2. The van der Waals surface area contributed by atoms with Crippen LogP contribution in [0.2, 0.25) is 0 Å². The molecule has 0 spiro atoms. The van der Waals surface area contributed by atoms with Gasteiger partial charge in [0.05, 0.1) is 18.6 Å². The van der Waals surface area contributed by atoms with Crippen molar-refractivity contribution in [3.63, 3.8) is 0 Å². The van der Waals surface area contributed by atoms with Crippen molar-refractivity contribution < 1.29 is 19.1 Å². The molecule has 1 aliphatic carbocycles. The molecule has 0 aromatic heterocycles. The highest BCUT2D eigenvalue weighted by Crippen LogP contribution is 2.48. The van der Waals surface area contributed by atoms with E-state index in [1.54, 1.807) is 11.8 Å². The van der Waals surface area contributed by atoms with Gasteiger partial charge in [-0.3, -0.25) is 14.4 Å². The molecule has 2 aliphatic rings. The molecule has 1 N–H and O–H groups in total. The molecule has 0 radical (unpaired) electrons. The number of hydrogen-bond donors (Lipinski definition) is 1. The first-order chi connectivity index (χ1) is 13.5. The molecule has 1 aromatic carbocycles. The van der Waals surface area contributed by atoms with E-state index in [0.29, 0.717) is 6.54 Å². The molecule has 4 unspecified atom stereocenters. The molecule has 1 saturated carbocycles. The van der Waals surface area contributed by atoms with Crippen LogP contribution in [0, 0.1) is 17.8 Å². The van der Waals surface area contributed by atoms with Crippen LogP contribution in [0.25, 0.3) is 0 Å². The maximum absolute atomic E-state index is 13.2. The standard InChI is InChI=1S/C22H30N2O4/c1-4-13-23-20(25)18-14(3)17(22(27)28-5-2)19(15-9-7-6-8-10-15)24(18)21(26)16-11-12-16/h6-10,14,16-19H,4-5,11-13H2,1-3H3,(H,23,25). The van der Waals surface area contributed by atoms with Crippen molar-refractivity contribution in [2.45, 2.75) is 52.1 Å². The molecule has 1 aromatic rings. The van der Waals surface area contributed by atoms with E-state index in [2.05, 4.69) is 5.32 Å². The molecule has 4 atom stereocenters. The van der Waals surface area contributed by atoms with Gasteiger partial charge in [-0.25, -0.2) is 0 Å². The summed E-state index contributed by atoms with van der Waals surface area (Å²) in [5.74, 6) is -1.49. The zero-order chi connectivity index (χ0) is 20.3. The summed E-state index contributed by atoms with van der Waals surface area (Å²) in [6, 6.07) is 8.38. The van der Waals surface area contributed by atoms with Gasteiger partial charge in [-0.1, -0.05) is 44.2 Å². The number of rotatable bonds is 7. The third-order valence-corrected chi connectivity index (χ3v) is 5.70. The van der Waals surface area contributed by atoms with Gasteiger partial charge < -0.3 is 15.0 Å². The summed E-state index contributed by atoms with van der Waals surface area (Å²) in [6.07, 6.45) is 2.50. The van der Waals surface area contributed by atoms with E-state index in [1.165, 1.54) is 0 Å². The molecule has 1 saturated heterocycles. The predicted octanol–water partition coefficient (Wildman–Crippen LogP) is 2.69. The van der Waals surface area contributed by atoms with Crippen molar-refractivity contribution in [3.05, 3.63) is 35.9 Å². The number of ether oxygens (including phenoxy) is 1. The first-order valence-electron chi connectivity index (χ1n) is 10.3. The first kappa shape index (κ1) is 20.4. The molecular weight excluding hydrogens is 356 g/mol. The van der Waals surface area contributed by atoms with Crippen LogP contribution in [-0.2, 0) is 19.1 Å². The predicted molar refractivity (Wildman–Crippen MR) is 105 cm³/mol. The van der Waals surface area contributed by atoms with Crippen molar-refractivity contribution in [2.24, 2.45) is 17.8 Å². The largest absolute Gasteiger partial charge is 0.466 e. The number of benzene rings is 1. The minimum Gasteiger partial charge on any atom is -0.466 e. The van der Waals surface area contributed by atoms with Crippen molar-refractivity contribution in [1.82, 2.24) is 10.2 Å². The highest BCUT2D eigenvalue weighted by molar-refractivity contribution is 5.92. The van der Waals surface area contributed by atoms with Crippen LogP contribution in [0.5, 0.6) is 0 Å². The Bertz CT molecular complexity index is 717. The molecule has 6 heteroatoms. The minimum atomic E-state index is -0.667. The molecule has 28 heavy (non-hydrogen) atoms. The van der Waals surface area contributed by atoms with Gasteiger partial charge in [-0.2, -0.15) is 0 Å². The number of likely N-dealkylation sites (tertiary alicyclic amines) is 1. The van der Waals surface area contributed by atoms with Crippen LogP contribution >= 0.6 is 0 Å². The van der Waals surface area contributed by atoms with Gasteiger partial charge in [0.15, 0.2) is 0 Å². The van der Waals surface area contributed by atoms with E-state index in [0.717, 1.165) is 24.8 Å². The summed E-state index contributed by atoms with van der Waals surface area (Å²) in [4.78, 5) is 40.8. The molecule has 152 valence electrons. The number of hydrogen-bond acceptors (Lipinski definition) is 4. The Hall–Kier alpha value is -2.37. The molecule has 2 amide bonds. The van der Waals surface area contributed by atoms with Crippen molar-refractivity contribution in [1.29, 1.82) is 0 Å². The second-order valence-corrected chi connectivity index (χ2v) is 7.75. The van der Waals surface area contributed by atoms with Crippen molar-refractivity contribution >= 4 is 17.8 Å². The molecule has 3 rings (SSSR count). The van der Waals surface area contributed by atoms with Crippen LogP contribution in [0.3, 0.4) is 0 Å². The Morgan fingerprint density at radius 2 is 1.82 bits per heavy atom. The van der Waals surface area contributed by atoms with Crippen molar-refractivity contribution in [3.8, 4) is 0 Å². The van der Waals surface area contributed by atoms with Crippen molar-refractivity contribution in [2.75, 3.05) is 13.2 Å². The van der Waals surface area contributed by atoms with Gasteiger partial charge in [-0.05, 0) is 31.7 Å². The fraction of sp³-hybridized carbons (Fsp3) is 0.591. The van der Waals surface area contributed by atoms with E-state index in [9.17, 15) is 14.4 Å². The summed E-state index contributed by atoms with van der Waals surface area (Å²) in [6.45, 7) is 6.46. The third-order valence-electron chi connectivity index (χ3n) is 5.70.